The molecule has 0 atom stereocenters. The van der Waals surface area contributed by atoms with Crippen molar-refractivity contribution in [1.82, 2.24) is 4.90 Å². The molecule has 0 aromatic carbocycles. The SMILES string of the molecule is CCC(CC)N(C)C(=O)/C=C/C(=O)O. The largest absolute Gasteiger partial charge is 0.478 e. The lowest BCUT2D eigenvalue weighted by Crippen LogP contribution is -2.35. The maximum absolute atomic E-state index is 11.4. The molecule has 14 heavy (non-hydrogen) atoms. The molecule has 4 heteroatoms. The lowest BCUT2D eigenvalue weighted by molar-refractivity contribution is -0.132. The smallest absolute Gasteiger partial charge is 0.328 e. The Labute approximate surface area is 84.2 Å². The molecule has 0 bridgehead atoms. The quantitative estimate of drug-likeness (QED) is 0.678. The van der Waals surface area contributed by atoms with Gasteiger partial charge in [-0.2, -0.15) is 0 Å². The lowest BCUT2D eigenvalue weighted by atomic mass is 10.1. The predicted molar refractivity (Wildman–Crippen MR) is 53.9 cm³/mol. The van der Waals surface area contributed by atoms with E-state index >= 15 is 0 Å². The van der Waals surface area contributed by atoms with Crippen LogP contribution >= 0.6 is 0 Å². The zero-order valence-corrected chi connectivity index (χ0v) is 8.86. The summed E-state index contributed by atoms with van der Waals surface area (Å²) in [5.74, 6) is -1.36. The standard InChI is InChI=1S/C10H17NO3/c1-4-8(5-2)11(3)9(12)6-7-10(13)14/h6-8H,4-5H2,1-3H3,(H,13,14)/b7-6+. The van der Waals surface area contributed by atoms with Crippen LogP contribution in [0.4, 0.5) is 0 Å². The molecule has 0 aliphatic carbocycles. The van der Waals surface area contributed by atoms with Crippen molar-refractivity contribution in [3.63, 3.8) is 0 Å². The highest BCUT2D eigenvalue weighted by Crippen LogP contribution is 2.06. The molecule has 0 spiro atoms. The Kier molecular flexibility index (Phi) is 5.60. The van der Waals surface area contributed by atoms with Gasteiger partial charge in [0.1, 0.15) is 0 Å². The molecule has 0 aromatic rings. The van der Waals surface area contributed by atoms with Crippen molar-refractivity contribution < 1.29 is 14.7 Å². The molecule has 0 aromatic heterocycles. The predicted octanol–water partition coefficient (Wildman–Crippen LogP) is 1.27. The monoisotopic (exact) mass is 199 g/mol. The molecule has 0 saturated carbocycles. The number of hydrogen-bond donors (Lipinski definition) is 1. The zero-order chi connectivity index (χ0) is 11.1. The Balaban J connectivity index is 4.30. The number of likely N-dealkylation sites (N-methyl/N-ethyl adjacent to an activating group) is 1. The number of carbonyl (C=O) groups excluding carboxylic acids is 1. The van der Waals surface area contributed by atoms with E-state index in [0.717, 1.165) is 25.0 Å². The number of nitrogens with zero attached hydrogens (tertiary/aromatic N) is 1. The van der Waals surface area contributed by atoms with Gasteiger partial charge in [0.25, 0.3) is 0 Å². The minimum Gasteiger partial charge on any atom is -0.478 e. The van der Waals surface area contributed by atoms with Crippen LogP contribution in [0.1, 0.15) is 26.7 Å². The minimum atomic E-state index is -1.10. The van der Waals surface area contributed by atoms with E-state index in [1.165, 1.54) is 0 Å². The number of hydrogen-bond acceptors (Lipinski definition) is 2. The van der Waals surface area contributed by atoms with Gasteiger partial charge in [0.05, 0.1) is 0 Å². The molecule has 0 saturated heterocycles. The molecule has 1 amide bonds. The topological polar surface area (TPSA) is 57.6 Å². The van der Waals surface area contributed by atoms with Crippen molar-refractivity contribution in [2.24, 2.45) is 0 Å². The van der Waals surface area contributed by atoms with E-state index in [1.807, 2.05) is 13.8 Å². The summed E-state index contributed by atoms with van der Waals surface area (Å²) in [6.45, 7) is 4.00. The fourth-order valence-corrected chi connectivity index (χ4v) is 1.28. The van der Waals surface area contributed by atoms with E-state index < -0.39 is 5.97 Å². The van der Waals surface area contributed by atoms with Crippen LogP contribution in [0.15, 0.2) is 12.2 Å². The summed E-state index contributed by atoms with van der Waals surface area (Å²) in [6, 6.07) is 0.181. The summed E-state index contributed by atoms with van der Waals surface area (Å²) < 4.78 is 0. The van der Waals surface area contributed by atoms with E-state index in [1.54, 1.807) is 11.9 Å². The van der Waals surface area contributed by atoms with E-state index in [9.17, 15) is 9.59 Å². The normalized spacial score (nSPS) is 10.9. The van der Waals surface area contributed by atoms with Crippen LogP contribution < -0.4 is 0 Å². The lowest BCUT2D eigenvalue weighted by Gasteiger charge is -2.24. The van der Waals surface area contributed by atoms with Gasteiger partial charge in [0, 0.05) is 25.2 Å². The Hall–Kier alpha value is -1.32. The van der Waals surface area contributed by atoms with Gasteiger partial charge in [-0.3, -0.25) is 4.79 Å². The fourth-order valence-electron chi connectivity index (χ4n) is 1.28. The van der Waals surface area contributed by atoms with Crippen LogP contribution in [0, 0.1) is 0 Å². The number of carboxylic acid groups (broad SMARTS) is 1. The van der Waals surface area contributed by atoms with E-state index in [0.29, 0.717) is 0 Å². The van der Waals surface area contributed by atoms with Crippen molar-refractivity contribution in [3.8, 4) is 0 Å². The number of amides is 1. The van der Waals surface area contributed by atoms with Crippen molar-refractivity contribution in [3.05, 3.63) is 12.2 Å². The van der Waals surface area contributed by atoms with Gasteiger partial charge in [-0.25, -0.2) is 4.79 Å². The fraction of sp³-hybridized carbons (Fsp3) is 0.600. The van der Waals surface area contributed by atoms with Crippen molar-refractivity contribution in [2.45, 2.75) is 32.7 Å². The zero-order valence-electron chi connectivity index (χ0n) is 8.86. The van der Waals surface area contributed by atoms with Gasteiger partial charge >= 0.3 is 5.97 Å². The highest BCUT2D eigenvalue weighted by Gasteiger charge is 2.13. The summed E-state index contributed by atoms with van der Waals surface area (Å²) in [4.78, 5) is 23.1. The second kappa shape index (κ2) is 6.18. The summed E-state index contributed by atoms with van der Waals surface area (Å²) >= 11 is 0. The molecular formula is C10H17NO3. The molecule has 80 valence electrons. The Bertz CT molecular complexity index is 232. The third kappa shape index (κ3) is 4.07. The maximum Gasteiger partial charge on any atom is 0.328 e. The number of carbonyl (C=O) groups is 2. The van der Waals surface area contributed by atoms with Crippen LogP contribution in [0.2, 0.25) is 0 Å². The first kappa shape index (κ1) is 12.7. The second-order valence-electron chi connectivity index (χ2n) is 3.09. The Morgan fingerprint density at radius 1 is 1.29 bits per heavy atom. The number of rotatable bonds is 5. The summed E-state index contributed by atoms with van der Waals surface area (Å²) in [7, 11) is 1.69. The molecule has 0 rings (SSSR count). The molecule has 4 nitrogen and oxygen atoms in total. The van der Waals surface area contributed by atoms with Gasteiger partial charge in [-0.1, -0.05) is 13.8 Å². The first-order valence-electron chi connectivity index (χ1n) is 4.70. The molecule has 0 heterocycles. The first-order valence-corrected chi connectivity index (χ1v) is 4.70. The molecule has 0 unspecified atom stereocenters. The second-order valence-corrected chi connectivity index (χ2v) is 3.09. The molecule has 1 N–H and O–H groups in total. The summed E-state index contributed by atoms with van der Waals surface area (Å²) in [6.07, 6.45) is 3.70. The van der Waals surface area contributed by atoms with Crippen LogP contribution in [0.3, 0.4) is 0 Å². The molecular weight excluding hydrogens is 182 g/mol. The van der Waals surface area contributed by atoms with Crippen LogP contribution in [-0.2, 0) is 9.59 Å². The average Bonchev–Trinajstić information content (AvgIpc) is 2.15. The third-order valence-electron chi connectivity index (χ3n) is 2.21. The summed E-state index contributed by atoms with van der Waals surface area (Å²) in [5.41, 5.74) is 0. The summed E-state index contributed by atoms with van der Waals surface area (Å²) in [5, 5.41) is 8.34. The highest BCUT2D eigenvalue weighted by atomic mass is 16.4. The van der Waals surface area contributed by atoms with Gasteiger partial charge in [0.15, 0.2) is 0 Å². The van der Waals surface area contributed by atoms with E-state index in [2.05, 4.69) is 0 Å². The van der Waals surface area contributed by atoms with Crippen molar-refractivity contribution >= 4 is 11.9 Å². The average molecular weight is 199 g/mol. The van der Waals surface area contributed by atoms with Crippen LogP contribution in [0.5, 0.6) is 0 Å². The van der Waals surface area contributed by atoms with E-state index in [-0.39, 0.29) is 11.9 Å². The molecule has 0 aliphatic heterocycles. The number of aliphatic carboxylic acids is 1. The first-order chi connectivity index (χ1) is 6.52. The maximum atomic E-state index is 11.4. The highest BCUT2D eigenvalue weighted by molar-refractivity contribution is 5.93. The van der Waals surface area contributed by atoms with Crippen LogP contribution in [0.25, 0.3) is 0 Å². The molecule has 0 radical (unpaired) electrons. The van der Waals surface area contributed by atoms with Gasteiger partial charge in [-0.05, 0) is 12.8 Å². The van der Waals surface area contributed by atoms with Gasteiger partial charge < -0.3 is 10.0 Å². The third-order valence-corrected chi connectivity index (χ3v) is 2.21. The van der Waals surface area contributed by atoms with E-state index in [4.69, 9.17) is 5.11 Å². The van der Waals surface area contributed by atoms with Crippen molar-refractivity contribution in [2.75, 3.05) is 7.05 Å². The number of carboxylic acids is 1. The molecule has 0 aliphatic rings. The minimum absolute atomic E-state index is 0.181. The Morgan fingerprint density at radius 3 is 2.14 bits per heavy atom. The van der Waals surface area contributed by atoms with Gasteiger partial charge in [0.2, 0.25) is 5.91 Å². The van der Waals surface area contributed by atoms with Gasteiger partial charge in [-0.15, -0.1) is 0 Å². The Morgan fingerprint density at radius 2 is 1.79 bits per heavy atom. The van der Waals surface area contributed by atoms with Crippen molar-refractivity contribution in [1.29, 1.82) is 0 Å². The molecule has 0 fully saturated rings. The van der Waals surface area contributed by atoms with Crippen LogP contribution in [-0.4, -0.2) is 35.0 Å².